The minimum atomic E-state index is -0.612. The Morgan fingerprint density at radius 2 is 1.84 bits per heavy atom. The van der Waals surface area contributed by atoms with Crippen LogP contribution < -0.4 is 5.32 Å². The lowest BCUT2D eigenvalue weighted by molar-refractivity contribution is 0.0463. The quantitative estimate of drug-likeness (QED) is 0.745. The molecule has 0 aliphatic rings. The van der Waals surface area contributed by atoms with Crippen LogP contribution in [0.15, 0.2) is 30.3 Å². The van der Waals surface area contributed by atoms with E-state index in [4.69, 9.17) is 0 Å². The fourth-order valence-corrected chi connectivity index (χ4v) is 2.46. The maximum atomic E-state index is 10.3. The van der Waals surface area contributed by atoms with Gasteiger partial charge in [-0.1, -0.05) is 57.5 Å². The first-order chi connectivity index (χ1) is 8.94. The van der Waals surface area contributed by atoms with Gasteiger partial charge in [0.15, 0.2) is 0 Å². The molecule has 0 bridgehead atoms. The van der Waals surface area contributed by atoms with Gasteiger partial charge in [-0.3, -0.25) is 0 Å². The smallest absolute Gasteiger partial charge is 0.0743 e. The van der Waals surface area contributed by atoms with E-state index >= 15 is 0 Å². The number of hydrogen-bond donors (Lipinski definition) is 2. The molecule has 0 amide bonds. The molecule has 19 heavy (non-hydrogen) atoms. The summed E-state index contributed by atoms with van der Waals surface area (Å²) in [6, 6.07) is 10.8. The normalized spacial score (nSPS) is 16.3. The summed E-state index contributed by atoms with van der Waals surface area (Å²) in [4.78, 5) is 0. The van der Waals surface area contributed by atoms with Crippen LogP contribution in [0.3, 0.4) is 0 Å². The molecule has 0 spiro atoms. The summed E-state index contributed by atoms with van der Waals surface area (Å²) < 4.78 is 0. The molecule has 0 aromatic heterocycles. The molecule has 1 aromatic rings. The van der Waals surface area contributed by atoms with Crippen molar-refractivity contribution in [2.75, 3.05) is 6.54 Å². The lowest BCUT2D eigenvalue weighted by Crippen LogP contribution is -2.39. The molecule has 0 heterocycles. The second-order valence-corrected chi connectivity index (χ2v) is 6.22. The van der Waals surface area contributed by atoms with Crippen molar-refractivity contribution >= 4 is 0 Å². The van der Waals surface area contributed by atoms with E-state index in [1.165, 1.54) is 5.56 Å². The Balaban J connectivity index is 2.66. The maximum absolute atomic E-state index is 10.3. The highest BCUT2D eigenvalue weighted by Gasteiger charge is 2.21. The van der Waals surface area contributed by atoms with E-state index in [0.717, 1.165) is 19.3 Å². The van der Waals surface area contributed by atoms with E-state index in [1.54, 1.807) is 0 Å². The number of hydrogen-bond acceptors (Lipinski definition) is 2. The first-order valence-electron chi connectivity index (χ1n) is 7.45. The Kier molecular flexibility index (Phi) is 6.53. The van der Waals surface area contributed by atoms with Crippen LogP contribution in [0.4, 0.5) is 0 Å². The van der Waals surface area contributed by atoms with Gasteiger partial charge in [-0.2, -0.15) is 0 Å². The van der Waals surface area contributed by atoms with Gasteiger partial charge in [-0.05, 0) is 31.2 Å². The summed E-state index contributed by atoms with van der Waals surface area (Å²) in [6.45, 7) is 9.15. The van der Waals surface area contributed by atoms with Crippen LogP contribution in [-0.4, -0.2) is 17.3 Å². The molecule has 0 fully saturated rings. The third-order valence-corrected chi connectivity index (χ3v) is 3.43. The number of rotatable bonds is 8. The lowest BCUT2D eigenvalue weighted by atomic mass is 9.95. The van der Waals surface area contributed by atoms with E-state index in [0.29, 0.717) is 18.5 Å². The van der Waals surface area contributed by atoms with Crippen molar-refractivity contribution in [3.8, 4) is 0 Å². The SMILES string of the molecule is CCCC(C)(O)CNC(CC(C)C)c1ccccc1. The van der Waals surface area contributed by atoms with Crippen LogP contribution in [0.2, 0.25) is 0 Å². The molecule has 2 heteroatoms. The largest absolute Gasteiger partial charge is 0.389 e. The van der Waals surface area contributed by atoms with Crippen molar-refractivity contribution in [2.45, 2.75) is 58.6 Å². The zero-order valence-corrected chi connectivity index (χ0v) is 12.8. The summed E-state index contributed by atoms with van der Waals surface area (Å²) >= 11 is 0. The second kappa shape index (κ2) is 7.66. The fraction of sp³-hybridized carbons (Fsp3) is 0.647. The Labute approximate surface area is 118 Å². The molecule has 2 unspecified atom stereocenters. The van der Waals surface area contributed by atoms with Gasteiger partial charge in [0.25, 0.3) is 0 Å². The third-order valence-electron chi connectivity index (χ3n) is 3.43. The second-order valence-electron chi connectivity index (χ2n) is 6.22. The first-order valence-corrected chi connectivity index (χ1v) is 7.45. The van der Waals surface area contributed by atoms with Gasteiger partial charge in [-0.15, -0.1) is 0 Å². The Bertz CT molecular complexity index is 346. The average Bonchev–Trinajstić information content (AvgIpc) is 2.35. The highest BCUT2D eigenvalue weighted by molar-refractivity contribution is 5.19. The molecule has 0 radical (unpaired) electrons. The molecule has 2 atom stereocenters. The molecular weight excluding hydrogens is 234 g/mol. The Hall–Kier alpha value is -0.860. The standard InChI is InChI=1S/C17H29NO/c1-5-11-17(4,19)13-18-16(12-14(2)3)15-9-7-6-8-10-15/h6-10,14,16,18-19H,5,11-13H2,1-4H3. The highest BCUT2D eigenvalue weighted by atomic mass is 16.3. The molecule has 0 saturated heterocycles. The molecule has 0 aliphatic carbocycles. The monoisotopic (exact) mass is 263 g/mol. The molecular formula is C17H29NO. The lowest BCUT2D eigenvalue weighted by Gasteiger charge is -2.28. The number of nitrogens with one attached hydrogen (secondary N) is 1. The van der Waals surface area contributed by atoms with Gasteiger partial charge >= 0.3 is 0 Å². The van der Waals surface area contributed by atoms with Crippen LogP contribution in [0.1, 0.15) is 58.6 Å². The van der Waals surface area contributed by atoms with Crippen LogP contribution >= 0.6 is 0 Å². The van der Waals surface area contributed by atoms with Crippen molar-refractivity contribution in [1.29, 1.82) is 0 Å². The van der Waals surface area contributed by atoms with Gasteiger partial charge in [-0.25, -0.2) is 0 Å². The van der Waals surface area contributed by atoms with Gasteiger partial charge in [0.2, 0.25) is 0 Å². The maximum Gasteiger partial charge on any atom is 0.0743 e. The average molecular weight is 263 g/mol. The van der Waals surface area contributed by atoms with Crippen molar-refractivity contribution in [3.63, 3.8) is 0 Å². The molecule has 1 aromatic carbocycles. The highest BCUT2D eigenvalue weighted by Crippen LogP contribution is 2.22. The molecule has 1 rings (SSSR count). The van der Waals surface area contributed by atoms with Gasteiger partial charge in [0, 0.05) is 12.6 Å². The van der Waals surface area contributed by atoms with Crippen molar-refractivity contribution in [1.82, 2.24) is 5.32 Å². The number of benzene rings is 1. The van der Waals surface area contributed by atoms with Crippen LogP contribution in [0, 0.1) is 5.92 Å². The minimum Gasteiger partial charge on any atom is -0.389 e. The predicted octanol–water partition coefficient (Wildman–Crippen LogP) is 3.91. The molecule has 0 aliphatic heterocycles. The van der Waals surface area contributed by atoms with E-state index in [-0.39, 0.29) is 0 Å². The first kappa shape index (κ1) is 16.2. The van der Waals surface area contributed by atoms with E-state index < -0.39 is 5.60 Å². The van der Waals surface area contributed by atoms with Crippen LogP contribution in [0.25, 0.3) is 0 Å². The fourth-order valence-electron chi connectivity index (χ4n) is 2.46. The van der Waals surface area contributed by atoms with Crippen LogP contribution in [0.5, 0.6) is 0 Å². The van der Waals surface area contributed by atoms with E-state index in [2.05, 4.69) is 50.4 Å². The summed E-state index contributed by atoms with van der Waals surface area (Å²) in [7, 11) is 0. The van der Waals surface area contributed by atoms with Gasteiger partial charge in [0.1, 0.15) is 0 Å². The summed E-state index contributed by atoms with van der Waals surface area (Å²) in [5, 5.41) is 13.8. The van der Waals surface area contributed by atoms with Crippen LogP contribution in [-0.2, 0) is 0 Å². The molecule has 2 nitrogen and oxygen atoms in total. The summed E-state index contributed by atoms with van der Waals surface area (Å²) in [6.07, 6.45) is 2.93. The van der Waals surface area contributed by atoms with E-state index in [1.807, 2.05) is 13.0 Å². The Morgan fingerprint density at radius 3 is 2.37 bits per heavy atom. The molecule has 2 N–H and O–H groups in total. The van der Waals surface area contributed by atoms with E-state index in [9.17, 15) is 5.11 Å². The predicted molar refractivity (Wildman–Crippen MR) is 82.2 cm³/mol. The molecule has 0 saturated carbocycles. The third kappa shape index (κ3) is 6.22. The number of aliphatic hydroxyl groups is 1. The van der Waals surface area contributed by atoms with Gasteiger partial charge < -0.3 is 10.4 Å². The van der Waals surface area contributed by atoms with Crippen molar-refractivity contribution in [2.24, 2.45) is 5.92 Å². The zero-order valence-electron chi connectivity index (χ0n) is 12.8. The molecule has 108 valence electrons. The minimum absolute atomic E-state index is 0.324. The topological polar surface area (TPSA) is 32.3 Å². The van der Waals surface area contributed by atoms with Crippen molar-refractivity contribution in [3.05, 3.63) is 35.9 Å². The zero-order chi connectivity index (χ0) is 14.3. The summed E-state index contributed by atoms with van der Waals surface area (Å²) in [5.74, 6) is 0.633. The summed E-state index contributed by atoms with van der Waals surface area (Å²) in [5.41, 5.74) is 0.696. The Morgan fingerprint density at radius 1 is 1.21 bits per heavy atom. The van der Waals surface area contributed by atoms with Gasteiger partial charge in [0.05, 0.1) is 5.60 Å². The van der Waals surface area contributed by atoms with Crippen molar-refractivity contribution < 1.29 is 5.11 Å².